The van der Waals surface area contributed by atoms with Gasteiger partial charge in [-0.3, -0.25) is 4.68 Å². The SMILES string of the molecule is CCNC(c1cccc(C)c1)c1cnn(CC)c1. The van der Waals surface area contributed by atoms with Crippen molar-refractivity contribution in [3.8, 4) is 0 Å². The van der Waals surface area contributed by atoms with Gasteiger partial charge in [0, 0.05) is 18.3 Å². The van der Waals surface area contributed by atoms with Crippen molar-refractivity contribution in [2.24, 2.45) is 0 Å². The van der Waals surface area contributed by atoms with Crippen LogP contribution in [-0.2, 0) is 6.54 Å². The topological polar surface area (TPSA) is 29.9 Å². The monoisotopic (exact) mass is 243 g/mol. The van der Waals surface area contributed by atoms with Gasteiger partial charge >= 0.3 is 0 Å². The molecule has 0 aliphatic rings. The van der Waals surface area contributed by atoms with Crippen molar-refractivity contribution in [1.82, 2.24) is 15.1 Å². The van der Waals surface area contributed by atoms with Crippen molar-refractivity contribution in [1.29, 1.82) is 0 Å². The molecule has 1 aromatic carbocycles. The molecule has 0 spiro atoms. The van der Waals surface area contributed by atoms with Crippen LogP contribution in [0.25, 0.3) is 0 Å². The highest BCUT2D eigenvalue weighted by Gasteiger charge is 2.14. The summed E-state index contributed by atoms with van der Waals surface area (Å²) in [5.41, 5.74) is 3.81. The van der Waals surface area contributed by atoms with Crippen molar-refractivity contribution >= 4 is 0 Å². The highest BCUT2D eigenvalue weighted by molar-refractivity contribution is 5.32. The number of aryl methyl sites for hydroxylation is 2. The molecule has 1 unspecified atom stereocenters. The minimum absolute atomic E-state index is 0.232. The third-order valence-corrected chi connectivity index (χ3v) is 3.09. The standard InChI is InChI=1S/C15H21N3/c1-4-16-15(13-8-6-7-12(3)9-13)14-10-17-18(5-2)11-14/h6-11,15-16H,4-5H2,1-3H3. The lowest BCUT2D eigenvalue weighted by Gasteiger charge is -2.17. The number of aromatic nitrogens is 2. The molecule has 3 heteroatoms. The molecular formula is C15H21N3. The molecule has 0 aliphatic heterocycles. The molecule has 1 aromatic heterocycles. The predicted molar refractivity (Wildman–Crippen MR) is 74.6 cm³/mol. The Labute approximate surface area is 109 Å². The minimum Gasteiger partial charge on any atom is -0.306 e. The van der Waals surface area contributed by atoms with Crippen LogP contribution < -0.4 is 5.32 Å². The van der Waals surface area contributed by atoms with E-state index in [1.54, 1.807) is 0 Å². The van der Waals surface area contributed by atoms with Gasteiger partial charge in [0.05, 0.1) is 12.2 Å². The first-order valence-corrected chi connectivity index (χ1v) is 6.57. The summed E-state index contributed by atoms with van der Waals surface area (Å²) in [7, 11) is 0. The molecule has 0 radical (unpaired) electrons. The van der Waals surface area contributed by atoms with Crippen LogP contribution in [0.5, 0.6) is 0 Å². The van der Waals surface area contributed by atoms with Crippen LogP contribution in [0, 0.1) is 6.92 Å². The van der Waals surface area contributed by atoms with E-state index in [-0.39, 0.29) is 6.04 Å². The summed E-state index contributed by atoms with van der Waals surface area (Å²) in [5, 5.41) is 7.89. The molecule has 2 rings (SSSR count). The summed E-state index contributed by atoms with van der Waals surface area (Å²) >= 11 is 0. The summed E-state index contributed by atoms with van der Waals surface area (Å²) in [6, 6.07) is 8.87. The van der Waals surface area contributed by atoms with E-state index in [2.05, 4.69) is 61.6 Å². The van der Waals surface area contributed by atoms with E-state index in [1.807, 2.05) is 10.9 Å². The molecule has 0 fully saturated rings. The Balaban J connectivity index is 2.33. The average Bonchev–Trinajstić information content (AvgIpc) is 2.84. The van der Waals surface area contributed by atoms with E-state index in [1.165, 1.54) is 16.7 Å². The zero-order chi connectivity index (χ0) is 13.0. The van der Waals surface area contributed by atoms with Crippen molar-refractivity contribution in [2.45, 2.75) is 33.4 Å². The Morgan fingerprint density at radius 2 is 2.11 bits per heavy atom. The zero-order valence-corrected chi connectivity index (χ0v) is 11.4. The minimum atomic E-state index is 0.232. The van der Waals surface area contributed by atoms with Crippen LogP contribution in [0.3, 0.4) is 0 Å². The molecule has 2 aromatic rings. The van der Waals surface area contributed by atoms with Crippen molar-refractivity contribution in [2.75, 3.05) is 6.54 Å². The zero-order valence-electron chi connectivity index (χ0n) is 11.4. The molecule has 0 aliphatic carbocycles. The fourth-order valence-corrected chi connectivity index (χ4v) is 2.18. The fraction of sp³-hybridized carbons (Fsp3) is 0.400. The molecule has 96 valence electrons. The number of nitrogens with zero attached hydrogens (tertiary/aromatic N) is 2. The number of rotatable bonds is 5. The predicted octanol–water partition coefficient (Wildman–Crippen LogP) is 2.91. The second kappa shape index (κ2) is 5.83. The fourth-order valence-electron chi connectivity index (χ4n) is 2.18. The smallest absolute Gasteiger partial charge is 0.0607 e. The van der Waals surface area contributed by atoms with Crippen LogP contribution in [0.1, 0.15) is 36.6 Å². The molecule has 0 saturated heterocycles. The first-order chi connectivity index (χ1) is 8.74. The first-order valence-electron chi connectivity index (χ1n) is 6.57. The third-order valence-electron chi connectivity index (χ3n) is 3.09. The second-order valence-electron chi connectivity index (χ2n) is 4.53. The molecule has 0 amide bonds. The summed E-state index contributed by atoms with van der Waals surface area (Å²) in [4.78, 5) is 0. The summed E-state index contributed by atoms with van der Waals surface area (Å²) in [5.74, 6) is 0. The lowest BCUT2D eigenvalue weighted by Crippen LogP contribution is -2.21. The lowest BCUT2D eigenvalue weighted by molar-refractivity contribution is 0.625. The second-order valence-corrected chi connectivity index (χ2v) is 4.53. The average molecular weight is 243 g/mol. The van der Waals surface area contributed by atoms with Crippen LogP contribution in [0.2, 0.25) is 0 Å². The van der Waals surface area contributed by atoms with E-state index in [0.29, 0.717) is 0 Å². The van der Waals surface area contributed by atoms with Crippen LogP contribution in [0.15, 0.2) is 36.7 Å². The molecule has 3 nitrogen and oxygen atoms in total. The van der Waals surface area contributed by atoms with Gasteiger partial charge in [-0.15, -0.1) is 0 Å². The molecule has 1 atom stereocenters. The van der Waals surface area contributed by atoms with E-state index < -0.39 is 0 Å². The molecule has 18 heavy (non-hydrogen) atoms. The highest BCUT2D eigenvalue weighted by atomic mass is 15.3. The van der Waals surface area contributed by atoms with Crippen LogP contribution >= 0.6 is 0 Å². The lowest BCUT2D eigenvalue weighted by atomic mass is 10.00. The first kappa shape index (κ1) is 12.8. The Hall–Kier alpha value is -1.61. The van der Waals surface area contributed by atoms with Crippen LogP contribution in [-0.4, -0.2) is 16.3 Å². The van der Waals surface area contributed by atoms with Gasteiger partial charge in [0.25, 0.3) is 0 Å². The van der Waals surface area contributed by atoms with Crippen molar-refractivity contribution in [3.63, 3.8) is 0 Å². The van der Waals surface area contributed by atoms with E-state index in [4.69, 9.17) is 0 Å². The Morgan fingerprint density at radius 3 is 2.72 bits per heavy atom. The summed E-state index contributed by atoms with van der Waals surface area (Å²) in [6.45, 7) is 8.21. The molecule has 0 saturated carbocycles. The molecule has 1 heterocycles. The molecular weight excluding hydrogens is 222 g/mol. The normalized spacial score (nSPS) is 12.6. The van der Waals surface area contributed by atoms with Crippen molar-refractivity contribution in [3.05, 3.63) is 53.3 Å². The molecule has 1 N–H and O–H groups in total. The van der Waals surface area contributed by atoms with Gasteiger partial charge in [-0.05, 0) is 26.0 Å². The Bertz CT molecular complexity index is 502. The number of hydrogen-bond donors (Lipinski definition) is 1. The van der Waals surface area contributed by atoms with Crippen molar-refractivity contribution < 1.29 is 0 Å². The van der Waals surface area contributed by atoms with Gasteiger partial charge in [0.1, 0.15) is 0 Å². The number of hydrogen-bond acceptors (Lipinski definition) is 2. The maximum Gasteiger partial charge on any atom is 0.0607 e. The van der Waals surface area contributed by atoms with Gasteiger partial charge in [0.15, 0.2) is 0 Å². The Kier molecular flexibility index (Phi) is 4.15. The maximum atomic E-state index is 4.36. The van der Waals surface area contributed by atoms with E-state index in [0.717, 1.165) is 13.1 Å². The van der Waals surface area contributed by atoms with Gasteiger partial charge in [-0.1, -0.05) is 36.8 Å². The van der Waals surface area contributed by atoms with Gasteiger partial charge in [-0.2, -0.15) is 5.10 Å². The maximum absolute atomic E-state index is 4.36. The quantitative estimate of drug-likeness (QED) is 0.875. The van der Waals surface area contributed by atoms with E-state index in [9.17, 15) is 0 Å². The molecule has 0 bridgehead atoms. The van der Waals surface area contributed by atoms with Gasteiger partial charge in [-0.25, -0.2) is 0 Å². The third kappa shape index (κ3) is 2.79. The van der Waals surface area contributed by atoms with Crippen LogP contribution in [0.4, 0.5) is 0 Å². The highest BCUT2D eigenvalue weighted by Crippen LogP contribution is 2.22. The number of nitrogens with one attached hydrogen (secondary N) is 1. The van der Waals surface area contributed by atoms with Gasteiger partial charge < -0.3 is 5.32 Å². The van der Waals surface area contributed by atoms with E-state index >= 15 is 0 Å². The largest absolute Gasteiger partial charge is 0.306 e. The number of benzene rings is 1. The summed E-state index contributed by atoms with van der Waals surface area (Å²) < 4.78 is 1.97. The summed E-state index contributed by atoms with van der Waals surface area (Å²) in [6.07, 6.45) is 4.08. The Morgan fingerprint density at radius 1 is 1.28 bits per heavy atom. The van der Waals surface area contributed by atoms with Gasteiger partial charge in [0.2, 0.25) is 0 Å².